The van der Waals surface area contributed by atoms with Crippen molar-refractivity contribution < 1.29 is 13.5 Å². The fourth-order valence-corrected chi connectivity index (χ4v) is 4.00. The van der Waals surface area contributed by atoms with Gasteiger partial charge in [-0.25, -0.2) is 14.4 Å². The molecule has 29 heavy (non-hydrogen) atoms. The molecule has 1 aromatic carbocycles. The number of oxazole rings is 1. The summed E-state index contributed by atoms with van der Waals surface area (Å²) in [5.74, 6) is 1.11. The smallest absolute Gasteiger partial charge is 0.220 e. The van der Waals surface area contributed by atoms with E-state index in [1.807, 2.05) is 31.3 Å². The van der Waals surface area contributed by atoms with E-state index in [-0.39, 0.29) is 0 Å². The number of anilines is 1. The van der Waals surface area contributed by atoms with Crippen molar-refractivity contribution in [2.45, 2.75) is 19.4 Å². The van der Waals surface area contributed by atoms with Gasteiger partial charge in [0.2, 0.25) is 5.89 Å². The topological polar surface area (TPSA) is 54.6 Å². The van der Waals surface area contributed by atoms with Crippen LogP contribution in [0.1, 0.15) is 24.1 Å². The first-order valence-electron chi connectivity index (χ1n) is 9.85. The van der Waals surface area contributed by atoms with Crippen molar-refractivity contribution in [3.63, 3.8) is 0 Å². The third-order valence-corrected chi connectivity index (χ3v) is 6.01. The Morgan fingerprint density at radius 3 is 2.86 bits per heavy atom. The molecule has 1 atom stereocenters. The van der Waals surface area contributed by atoms with E-state index in [4.69, 9.17) is 9.15 Å². The highest BCUT2D eigenvalue weighted by molar-refractivity contribution is 7.16. The molecule has 2 aromatic heterocycles. The van der Waals surface area contributed by atoms with E-state index in [1.165, 1.54) is 0 Å². The molecule has 0 spiro atoms. The summed E-state index contributed by atoms with van der Waals surface area (Å²) in [6.07, 6.45) is 5.87. The van der Waals surface area contributed by atoms with Crippen LogP contribution in [0.3, 0.4) is 0 Å². The number of benzene rings is 1. The molecular weight excluding hydrogens is 391 g/mol. The maximum Gasteiger partial charge on any atom is 0.220 e. The van der Waals surface area contributed by atoms with Gasteiger partial charge in [0.25, 0.3) is 0 Å². The second kappa shape index (κ2) is 8.92. The highest BCUT2D eigenvalue weighted by atomic mass is 32.1. The number of rotatable bonds is 7. The number of fused-ring (bicyclic) bond motifs is 1. The third-order valence-electron chi connectivity index (χ3n) is 4.98. The number of ether oxygens (including phenoxy) is 1. The second-order valence-corrected chi connectivity index (χ2v) is 8.19. The van der Waals surface area contributed by atoms with E-state index in [1.54, 1.807) is 23.5 Å². The fraction of sp³-hybridized carbons (Fsp3) is 0.429. The van der Waals surface area contributed by atoms with Crippen LogP contribution >= 0.6 is 11.3 Å². The van der Waals surface area contributed by atoms with Gasteiger partial charge in [0.15, 0.2) is 10.7 Å². The molecule has 0 saturated carbocycles. The van der Waals surface area contributed by atoms with Gasteiger partial charge in [0, 0.05) is 49.4 Å². The van der Waals surface area contributed by atoms with Crippen LogP contribution in [0.15, 0.2) is 28.8 Å². The van der Waals surface area contributed by atoms with E-state index in [0.717, 1.165) is 41.7 Å². The van der Waals surface area contributed by atoms with Crippen LogP contribution in [0.25, 0.3) is 23.3 Å². The summed E-state index contributed by atoms with van der Waals surface area (Å²) in [5.41, 5.74) is 1.37. The minimum Gasteiger partial charge on any atom is -0.488 e. The second-order valence-electron chi connectivity index (χ2n) is 7.15. The monoisotopic (exact) mass is 416 g/mol. The van der Waals surface area contributed by atoms with Gasteiger partial charge in [-0.15, -0.1) is 0 Å². The minimum atomic E-state index is -0.510. The molecule has 0 radical (unpaired) electrons. The Hall–Kier alpha value is -2.45. The highest BCUT2D eigenvalue weighted by Gasteiger charge is 2.16. The van der Waals surface area contributed by atoms with Crippen LogP contribution in [0.4, 0.5) is 9.52 Å². The van der Waals surface area contributed by atoms with E-state index in [2.05, 4.69) is 26.8 Å². The molecule has 3 heterocycles. The minimum absolute atomic E-state index is 0.435. The zero-order valence-corrected chi connectivity index (χ0v) is 17.5. The standard InChI is InChI=1S/C21H25FN4O2S/c1-3-15(13-22)27-16-4-6-18-19(12-16)28-20(24-18)7-5-17-14-23-21(29-17)26-10-8-25(2)9-11-26/h4-7,12,14-15H,3,8-11,13H2,1-2H3/b7-5+. The van der Waals surface area contributed by atoms with Gasteiger partial charge in [-0.2, -0.15) is 0 Å². The van der Waals surface area contributed by atoms with Crippen LogP contribution in [0.5, 0.6) is 5.75 Å². The van der Waals surface area contributed by atoms with Crippen LogP contribution in [0.2, 0.25) is 0 Å². The van der Waals surface area contributed by atoms with Crippen molar-refractivity contribution in [1.29, 1.82) is 0 Å². The summed E-state index contributed by atoms with van der Waals surface area (Å²) in [7, 11) is 2.14. The lowest BCUT2D eigenvalue weighted by Gasteiger charge is -2.32. The Morgan fingerprint density at radius 1 is 1.28 bits per heavy atom. The van der Waals surface area contributed by atoms with Gasteiger partial charge in [-0.1, -0.05) is 18.3 Å². The molecule has 154 valence electrons. The van der Waals surface area contributed by atoms with Crippen molar-refractivity contribution in [3.05, 3.63) is 35.2 Å². The molecule has 6 nitrogen and oxygen atoms in total. The Morgan fingerprint density at radius 2 is 2.10 bits per heavy atom. The van der Waals surface area contributed by atoms with Gasteiger partial charge >= 0.3 is 0 Å². The molecular formula is C21H25FN4O2S. The average molecular weight is 417 g/mol. The van der Waals surface area contributed by atoms with Gasteiger partial charge in [-0.05, 0) is 31.7 Å². The number of hydrogen-bond donors (Lipinski definition) is 0. The first-order chi connectivity index (χ1) is 14.1. The molecule has 8 heteroatoms. The molecule has 3 aromatic rings. The van der Waals surface area contributed by atoms with Crippen molar-refractivity contribution >= 4 is 39.7 Å². The first-order valence-corrected chi connectivity index (χ1v) is 10.7. The van der Waals surface area contributed by atoms with Crippen LogP contribution < -0.4 is 9.64 Å². The SMILES string of the molecule is CCC(CF)Oc1ccc2nc(/C=C/c3cnc(N4CCN(C)CC4)s3)oc2c1. The zero-order valence-electron chi connectivity index (χ0n) is 16.7. The van der Waals surface area contributed by atoms with Crippen molar-refractivity contribution in [2.24, 2.45) is 0 Å². The molecule has 1 saturated heterocycles. The number of halogens is 1. The predicted molar refractivity (Wildman–Crippen MR) is 115 cm³/mol. The number of thiazole rings is 1. The molecule has 4 rings (SSSR count). The Bertz CT molecular complexity index is 974. The Balaban J connectivity index is 1.44. The molecule has 0 bridgehead atoms. The summed E-state index contributed by atoms with van der Waals surface area (Å²) < 4.78 is 24.3. The van der Waals surface area contributed by atoms with Gasteiger partial charge < -0.3 is 19.0 Å². The van der Waals surface area contributed by atoms with E-state index in [9.17, 15) is 4.39 Å². The summed E-state index contributed by atoms with van der Waals surface area (Å²) in [6, 6.07) is 5.38. The van der Waals surface area contributed by atoms with Crippen molar-refractivity contribution in [3.8, 4) is 5.75 Å². The molecule has 0 amide bonds. The van der Waals surface area contributed by atoms with Gasteiger partial charge in [0.1, 0.15) is 24.0 Å². The van der Waals surface area contributed by atoms with E-state index in [0.29, 0.717) is 23.6 Å². The molecule has 0 aliphatic carbocycles. The van der Waals surface area contributed by atoms with Crippen LogP contribution in [0, 0.1) is 0 Å². The first kappa shape index (κ1) is 19.8. The molecule has 1 aliphatic heterocycles. The number of nitrogens with zero attached hydrogens (tertiary/aromatic N) is 4. The fourth-order valence-electron chi connectivity index (χ4n) is 3.14. The lowest BCUT2D eigenvalue weighted by molar-refractivity contribution is 0.160. The van der Waals surface area contributed by atoms with Gasteiger partial charge in [0.05, 0.1) is 0 Å². The number of aromatic nitrogens is 2. The summed E-state index contributed by atoms with van der Waals surface area (Å²) in [4.78, 5) is 14.7. The maximum atomic E-state index is 12.9. The maximum absolute atomic E-state index is 12.9. The quantitative estimate of drug-likeness (QED) is 0.571. The van der Waals surface area contributed by atoms with Crippen LogP contribution in [-0.4, -0.2) is 60.9 Å². The van der Waals surface area contributed by atoms with Crippen LogP contribution in [-0.2, 0) is 0 Å². The van der Waals surface area contributed by atoms with E-state index >= 15 is 0 Å². The van der Waals surface area contributed by atoms with Gasteiger partial charge in [-0.3, -0.25) is 0 Å². The number of piperazine rings is 1. The average Bonchev–Trinajstić information content (AvgIpc) is 3.37. The molecule has 0 N–H and O–H groups in total. The Labute approximate surface area is 173 Å². The van der Waals surface area contributed by atoms with E-state index < -0.39 is 12.8 Å². The third kappa shape index (κ3) is 4.76. The summed E-state index contributed by atoms with van der Waals surface area (Å²) in [6.45, 7) is 5.51. The van der Waals surface area contributed by atoms with Crippen molar-refractivity contribution in [2.75, 3.05) is 44.8 Å². The molecule has 1 aliphatic rings. The predicted octanol–water partition coefficient (Wildman–Crippen LogP) is 4.33. The highest BCUT2D eigenvalue weighted by Crippen LogP contribution is 2.27. The molecule has 1 unspecified atom stereocenters. The Kier molecular flexibility index (Phi) is 6.10. The lowest BCUT2D eigenvalue weighted by atomic mass is 10.3. The molecule has 1 fully saturated rings. The number of alkyl halides is 1. The zero-order chi connectivity index (χ0) is 20.2. The van der Waals surface area contributed by atoms with Crippen molar-refractivity contribution in [1.82, 2.24) is 14.9 Å². The number of likely N-dealkylation sites (N-methyl/N-ethyl adjacent to an activating group) is 1. The summed E-state index contributed by atoms with van der Waals surface area (Å²) >= 11 is 1.67. The lowest BCUT2D eigenvalue weighted by Crippen LogP contribution is -2.44. The largest absolute Gasteiger partial charge is 0.488 e. The summed E-state index contributed by atoms with van der Waals surface area (Å²) in [5, 5.41) is 1.05. The number of hydrogen-bond acceptors (Lipinski definition) is 7. The normalized spacial score (nSPS) is 16.7.